The lowest BCUT2D eigenvalue weighted by atomic mass is 9.97. The van der Waals surface area contributed by atoms with Crippen LogP contribution < -0.4 is 11.5 Å². The van der Waals surface area contributed by atoms with Crippen LogP contribution in [0.1, 0.15) is 10.4 Å². The van der Waals surface area contributed by atoms with Gasteiger partial charge in [-0.3, -0.25) is 9.78 Å². The number of carbonyl (C=O) groups excluding carboxylic acids is 1. The smallest absolute Gasteiger partial charge is 0.280 e. The van der Waals surface area contributed by atoms with Crippen molar-refractivity contribution in [3.63, 3.8) is 0 Å². The van der Waals surface area contributed by atoms with Gasteiger partial charge in [-0.25, -0.2) is 4.39 Å². The zero-order valence-corrected chi connectivity index (χ0v) is 13.1. The van der Waals surface area contributed by atoms with Crippen molar-refractivity contribution in [2.75, 3.05) is 0 Å². The number of aromatic nitrogens is 1. The number of nitrogens with zero attached hydrogens (tertiary/aromatic N) is 2. The molecule has 0 bridgehead atoms. The van der Waals surface area contributed by atoms with Crippen LogP contribution in [0, 0.1) is 5.82 Å². The monoisotopic (exact) mass is 342 g/mol. The van der Waals surface area contributed by atoms with Gasteiger partial charge < -0.3 is 11.5 Å². The first kappa shape index (κ1) is 15.9. The third-order valence-electron chi connectivity index (χ3n) is 3.48. The Kier molecular flexibility index (Phi) is 4.14. The molecule has 0 aliphatic carbocycles. The maximum absolute atomic E-state index is 14.2. The molecule has 0 radical (unpaired) electrons. The number of hydrogen-bond donors (Lipinski definition) is 2. The number of fused-ring (bicyclic) bond motifs is 1. The number of benzene rings is 2. The molecule has 3 aromatic rings. The number of nitrogens with two attached hydrogens (primary N) is 2. The molecule has 0 aliphatic heterocycles. The van der Waals surface area contributed by atoms with Crippen molar-refractivity contribution in [3.8, 4) is 11.1 Å². The number of halogens is 2. The van der Waals surface area contributed by atoms with Crippen molar-refractivity contribution in [2.24, 2.45) is 16.5 Å². The van der Waals surface area contributed by atoms with Gasteiger partial charge in [0.15, 0.2) is 11.8 Å². The molecule has 0 fully saturated rings. The molecule has 0 saturated heterocycles. The minimum absolute atomic E-state index is 0.184. The summed E-state index contributed by atoms with van der Waals surface area (Å²) < 4.78 is 14.2. The summed E-state index contributed by atoms with van der Waals surface area (Å²) in [6.07, 6.45) is 2.46. The van der Waals surface area contributed by atoms with E-state index in [2.05, 4.69) is 9.98 Å². The van der Waals surface area contributed by atoms with Gasteiger partial charge >= 0.3 is 0 Å². The van der Waals surface area contributed by atoms with E-state index < -0.39 is 11.7 Å². The third-order valence-corrected chi connectivity index (χ3v) is 3.77. The first-order valence-corrected chi connectivity index (χ1v) is 7.31. The molecular weight excluding hydrogens is 331 g/mol. The molecular formula is C17H12ClFN4O. The Balaban J connectivity index is 2.26. The predicted molar refractivity (Wildman–Crippen MR) is 92.3 cm³/mol. The van der Waals surface area contributed by atoms with Crippen LogP contribution in [0.2, 0.25) is 5.02 Å². The molecule has 24 heavy (non-hydrogen) atoms. The summed E-state index contributed by atoms with van der Waals surface area (Å²) in [6, 6.07) is 10.3. The summed E-state index contributed by atoms with van der Waals surface area (Å²) in [5.74, 6) is -1.44. The fraction of sp³-hybridized carbons (Fsp3) is 0. The number of rotatable bonds is 2. The van der Waals surface area contributed by atoms with Gasteiger partial charge in [-0.2, -0.15) is 4.99 Å². The van der Waals surface area contributed by atoms with E-state index in [1.165, 1.54) is 6.20 Å². The van der Waals surface area contributed by atoms with Crippen LogP contribution in [0.25, 0.3) is 21.9 Å². The van der Waals surface area contributed by atoms with Crippen LogP contribution in [-0.4, -0.2) is 16.9 Å². The first-order chi connectivity index (χ1) is 11.5. The van der Waals surface area contributed by atoms with Gasteiger partial charge in [-0.05, 0) is 28.5 Å². The quantitative estimate of drug-likeness (QED) is 0.552. The predicted octanol–water partition coefficient (Wildman–Crippen LogP) is 3.11. The molecule has 0 spiro atoms. The van der Waals surface area contributed by atoms with Crippen molar-refractivity contribution in [1.29, 1.82) is 0 Å². The second-order valence-corrected chi connectivity index (χ2v) is 5.47. The van der Waals surface area contributed by atoms with Crippen molar-refractivity contribution in [3.05, 3.63) is 65.2 Å². The maximum Gasteiger partial charge on any atom is 0.280 e. The van der Waals surface area contributed by atoms with E-state index >= 15 is 0 Å². The molecule has 2 aromatic carbocycles. The van der Waals surface area contributed by atoms with Gasteiger partial charge in [0.25, 0.3) is 5.91 Å². The highest BCUT2D eigenvalue weighted by Gasteiger charge is 2.14. The molecule has 1 heterocycles. The third kappa shape index (κ3) is 2.91. The summed E-state index contributed by atoms with van der Waals surface area (Å²) in [4.78, 5) is 19.3. The Hall–Kier alpha value is -2.99. The molecule has 1 amide bonds. The Morgan fingerprint density at radius 3 is 2.67 bits per heavy atom. The van der Waals surface area contributed by atoms with Crippen LogP contribution >= 0.6 is 11.6 Å². The summed E-state index contributed by atoms with van der Waals surface area (Å²) in [5, 5.41) is 1.66. The fourth-order valence-electron chi connectivity index (χ4n) is 2.47. The number of pyridine rings is 1. The van der Waals surface area contributed by atoms with Crippen LogP contribution in [-0.2, 0) is 0 Å². The molecule has 3 rings (SSSR count). The van der Waals surface area contributed by atoms with E-state index in [0.717, 1.165) is 11.6 Å². The molecule has 0 saturated carbocycles. The molecule has 0 aliphatic rings. The van der Waals surface area contributed by atoms with E-state index in [-0.39, 0.29) is 22.1 Å². The minimum Gasteiger partial charge on any atom is -0.370 e. The van der Waals surface area contributed by atoms with E-state index in [1.807, 2.05) is 6.07 Å². The molecule has 120 valence electrons. The zero-order valence-electron chi connectivity index (χ0n) is 12.3. The fourth-order valence-corrected chi connectivity index (χ4v) is 2.72. The van der Waals surface area contributed by atoms with Gasteiger partial charge in [0.2, 0.25) is 0 Å². The molecule has 0 atom stereocenters. The van der Waals surface area contributed by atoms with Crippen molar-refractivity contribution in [1.82, 2.24) is 4.98 Å². The summed E-state index contributed by atoms with van der Waals surface area (Å²) in [7, 11) is 0. The number of carbonyl (C=O) groups is 1. The van der Waals surface area contributed by atoms with Crippen molar-refractivity contribution in [2.45, 2.75) is 0 Å². The van der Waals surface area contributed by atoms with Gasteiger partial charge in [0, 0.05) is 17.3 Å². The summed E-state index contributed by atoms with van der Waals surface area (Å²) >= 11 is 6.11. The Morgan fingerprint density at radius 1 is 1.17 bits per heavy atom. The zero-order chi connectivity index (χ0) is 17.3. The average molecular weight is 343 g/mol. The van der Waals surface area contributed by atoms with Crippen molar-refractivity contribution >= 4 is 34.2 Å². The van der Waals surface area contributed by atoms with E-state index in [1.54, 1.807) is 30.3 Å². The number of amides is 1. The van der Waals surface area contributed by atoms with Gasteiger partial charge in [-0.1, -0.05) is 35.9 Å². The highest BCUT2D eigenvalue weighted by Crippen LogP contribution is 2.35. The van der Waals surface area contributed by atoms with E-state index in [4.69, 9.17) is 23.1 Å². The topological polar surface area (TPSA) is 94.4 Å². The lowest BCUT2D eigenvalue weighted by molar-refractivity contribution is 0.100. The van der Waals surface area contributed by atoms with Crippen LogP contribution in [0.3, 0.4) is 0 Å². The van der Waals surface area contributed by atoms with Crippen LogP contribution in [0.5, 0.6) is 0 Å². The van der Waals surface area contributed by atoms with Crippen LogP contribution in [0.4, 0.5) is 4.39 Å². The summed E-state index contributed by atoms with van der Waals surface area (Å²) in [5.41, 5.74) is 11.5. The maximum atomic E-state index is 14.2. The highest BCUT2D eigenvalue weighted by atomic mass is 35.5. The normalized spacial score (nSPS) is 10.6. The Morgan fingerprint density at radius 2 is 1.96 bits per heavy atom. The number of hydrogen-bond acceptors (Lipinski definition) is 2. The Bertz CT molecular complexity index is 963. The average Bonchev–Trinajstić information content (AvgIpc) is 2.53. The molecule has 0 unspecified atom stereocenters. The molecule has 4 N–H and O–H groups in total. The second-order valence-electron chi connectivity index (χ2n) is 5.06. The number of guanidine groups is 1. The highest BCUT2D eigenvalue weighted by molar-refractivity contribution is 6.33. The van der Waals surface area contributed by atoms with E-state index in [0.29, 0.717) is 10.9 Å². The lowest BCUT2D eigenvalue weighted by Gasteiger charge is -2.10. The summed E-state index contributed by atoms with van der Waals surface area (Å²) in [6.45, 7) is 0. The van der Waals surface area contributed by atoms with Gasteiger partial charge in [0.1, 0.15) is 0 Å². The standard InChI is InChI=1S/C17H12ClFN4O/c18-13-7-22-8-14(19)15(13)11-3-1-2-9-4-5-10(6-12(9)11)16(24)23-17(20)21/h1-8H,(H4,20,21,23,24). The second kappa shape index (κ2) is 6.25. The van der Waals surface area contributed by atoms with Crippen LogP contribution in [0.15, 0.2) is 53.8 Å². The van der Waals surface area contributed by atoms with Gasteiger partial charge in [-0.15, -0.1) is 0 Å². The SMILES string of the molecule is NC(N)=NC(=O)c1ccc2cccc(-c3c(F)cncc3Cl)c2c1. The lowest BCUT2D eigenvalue weighted by Crippen LogP contribution is -2.24. The molecule has 7 heteroatoms. The molecule has 1 aromatic heterocycles. The van der Waals surface area contributed by atoms with Crippen molar-refractivity contribution < 1.29 is 9.18 Å². The number of aliphatic imine (C=N–C) groups is 1. The molecule has 5 nitrogen and oxygen atoms in total. The first-order valence-electron chi connectivity index (χ1n) is 6.93. The van der Waals surface area contributed by atoms with E-state index in [9.17, 15) is 9.18 Å². The largest absolute Gasteiger partial charge is 0.370 e. The minimum atomic E-state index is -0.576. The van der Waals surface area contributed by atoms with Gasteiger partial charge in [0.05, 0.1) is 11.2 Å². The Labute approximate surface area is 141 Å².